The second-order valence-corrected chi connectivity index (χ2v) is 12.6. The summed E-state index contributed by atoms with van der Waals surface area (Å²) in [6.07, 6.45) is -3.17. The average Bonchev–Trinajstić information content (AvgIpc) is 3.25. The zero-order valence-corrected chi connectivity index (χ0v) is 32.7. The quantitative estimate of drug-likeness (QED) is 0.170. The van der Waals surface area contributed by atoms with Gasteiger partial charge in [0.2, 0.25) is 0 Å². The number of hydrogen-bond donors (Lipinski definition) is 4. The van der Waals surface area contributed by atoms with Crippen molar-refractivity contribution in [2.75, 3.05) is 99.3 Å². The van der Waals surface area contributed by atoms with Crippen molar-refractivity contribution >= 4 is 0 Å². The van der Waals surface area contributed by atoms with Crippen LogP contribution in [0.15, 0.2) is 84.9 Å². The van der Waals surface area contributed by atoms with E-state index < -0.39 is 12.6 Å². The van der Waals surface area contributed by atoms with Crippen molar-refractivity contribution in [3.05, 3.63) is 118 Å². The van der Waals surface area contributed by atoms with Gasteiger partial charge in [0.1, 0.15) is 56.2 Å². The Morgan fingerprint density at radius 1 is 0.356 bits per heavy atom. The molecule has 314 valence electrons. The lowest BCUT2D eigenvalue weighted by Gasteiger charge is -2.14. The maximum Gasteiger partial charge on any atom is 0.178 e. The van der Waals surface area contributed by atoms with Crippen molar-refractivity contribution in [1.29, 1.82) is 0 Å². The van der Waals surface area contributed by atoms with Gasteiger partial charge in [0.15, 0.2) is 12.6 Å². The highest BCUT2D eigenvalue weighted by Crippen LogP contribution is 2.29. The Morgan fingerprint density at radius 2 is 0.678 bits per heavy atom. The molecular formula is C45H50O14. The minimum atomic E-state index is -1.59. The van der Waals surface area contributed by atoms with E-state index in [9.17, 15) is 20.4 Å². The molecule has 0 aliphatic carbocycles. The van der Waals surface area contributed by atoms with Crippen molar-refractivity contribution in [3.63, 3.8) is 0 Å². The molecule has 59 heavy (non-hydrogen) atoms. The van der Waals surface area contributed by atoms with Crippen LogP contribution in [0.25, 0.3) is 0 Å². The highest BCUT2D eigenvalue weighted by atomic mass is 16.7. The van der Waals surface area contributed by atoms with Crippen molar-refractivity contribution in [1.82, 2.24) is 0 Å². The number of aliphatic hydroxyl groups is 4. The molecule has 0 radical (unpaired) electrons. The number of rotatable bonds is 2. The molecule has 0 aromatic heterocycles. The number of aliphatic hydroxyl groups excluding tert-OH is 2. The fourth-order valence-electron chi connectivity index (χ4n) is 5.18. The maximum absolute atomic E-state index is 9.49. The van der Waals surface area contributed by atoms with Gasteiger partial charge in [0, 0.05) is 34.4 Å². The second-order valence-electron chi connectivity index (χ2n) is 12.6. The summed E-state index contributed by atoms with van der Waals surface area (Å²) in [6, 6.07) is 23.9. The van der Waals surface area contributed by atoms with Crippen LogP contribution in [0.3, 0.4) is 0 Å². The van der Waals surface area contributed by atoms with Gasteiger partial charge in [-0.2, -0.15) is 0 Å². The van der Waals surface area contributed by atoms with Crippen LogP contribution in [0.1, 0.15) is 46.0 Å². The van der Waals surface area contributed by atoms with Crippen LogP contribution in [0, 0.1) is 23.7 Å². The van der Waals surface area contributed by atoms with Gasteiger partial charge in [-0.3, -0.25) is 0 Å². The topological polar surface area (TPSA) is 173 Å². The Labute approximate surface area is 344 Å². The monoisotopic (exact) mass is 814 g/mol. The fraction of sp³-hybridized carbons (Fsp3) is 0.378. The summed E-state index contributed by atoms with van der Waals surface area (Å²) in [5.41, 5.74) is 3.01. The average molecular weight is 815 g/mol. The second kappa shape index (κ2) is 26.0. The highest BCUT2D eigenvalue weighted by molar-refractivity contribution is 5.60. The first-order valence-electron chi connectivity index (χ1n) is 19.2. The smallest absolute Gasteiger partial charge is 0.178 e. The van der Waals surface area contributed by atoms with E-state index in [0.717, 1.165) is 0 Å². The van der Waals surface area contributed by atoms with Gasteiger partial charge in [-0.25, -0.2) is 0 Å². The van der Waals surface area contributed by atoms with E-state index in [4.69, 9.17) is 47.4 Å². The third kappa shape index (κ3) is 16.9. The van der Waals surface area contributed by atoms with E-state index in [1.807, 2.05) is 24.3 Å². The van der Waals surface area contributed by atoms with Crippen LogP contribution in [0.5, 0.6) is 23.0 Å². The summed E-state index contributed by atoms with van der Waals surface area (Å²) in [5, 5.41) is 38.0. The summed E-state index contributed by atoms with van der Waals surface area (Å²) in [6.45, 7) is 4.73. The lowest BCUT2D eigenvalue weighted by atomic mass is 10.1. The molecule has 8 rings (SSSR count). The fourth-order valence-corrected chi connectivity index (χ4v) is 5.18. The molecule has 4 N–H and O–H groups in total. The Hall–Kier alpha value is -5.20. The van der Waals surface area contributed by atoms with Crippen LogP contribution in [0.4, 0.5) is 0 Å². The van der Waals surface area contributed by atoms with Crippen molar-refractivity contribution in [3.8, 4) is 46.7 Å². The van der Waals surface area contributed by atoms with Gasteiger partial charge in [-0.15, -0.1) is 0 Å². The Bertz CT molecular complexity index is 1920. The minimum Gasteiger partial charge on any atom is -0.491 e. The minimum absolute atomic E-state index is 0.0907. The molecule has 4 bridgehead atoms. The van der Waals surface area contributed by atoms with Crippen LogP contribution < -0.4 is 18.9 Å². The first-order valence-corrected chi connectivity index (χ1v) is 19.2. The molecule has 0 atom stereocenters. The van der Waals surface area contributed by atoms with E-state index in [-0.39, 0.29) is 33.2 Å². The maximum atomic E-state index is 9.49. The first-order chi connectivity index (χ1) is 28.9. The molecule has 0 saturated heterocycles. The van der Waals surface area contributed by atoms with Gasteiger partial charge in [0.05, 0.1) is 77.2 Å². The SMILES string of the molecule is OC(O)c1ccc(C#Cc2cc3c(C#Cc4ccc(C(O)O)cc4)cc2OCCOCCOCCOCCOc2ccc(cc2)OCCOCOCCOCCO3)cc1. The molecule has 0 amide bonds. The molecule has 0 saturated carbocycles. The first kappa shape index (κ1) is 44.9. The van der Waals surface area contributed by atoms with Crippen LogP contribution in [-0.2, 0) is 28.4 Å². The van der Waals surface area contributed by atoms with E-state index in [2.05, 4.69) is 23.7 Å². The van der Waals surface area contributed by atoms with Crippen molar-refractivity contribution in [2.24, 2.45) is 0 Å². The molecule has 4 aliphatic heterocycles. The zero-order valence-electron chi connectivity index (χ0n) is 32.7. The van der Waals surface area contributed by atoms with Gasteiger partial charge >= 0.3 is 0 Å². The van der Waals surface area contributed by atoms with Crippen molar-refractivity contribution in [2.45, 2.75) is 12.6 Å². The van der Waals surface area contributed by atoms with E-state index >= 15 is 0 Å². The normalized spacial score (nSPS) is 16.0. The summed E-state index contributed by atoms with van der Waals surface area (Å²) < 4.78 is 57.5. The van der Waals surface area contributed by atoms with Crippen molar-refractivity contribution < 1.29 is 67.8 Å². The van der Waals surface area contributed by atoms with Gasteiger partial charge < -0.3 is 67.8 Å². The highest BCUT2D eigenvalue weighted by Gasteiger charge is 2.12. The Morgan fingerprint density at radius 3 is 1.05 bits per heavy atom. The molecule has 0 fully saturated rings. The van der Waals surface area contributed by atoms with Gasteiger partial charge in [-0.05, 0) is 48.5 Å². The standard InChI is InChI=1S/C45H50O14/c46-44(47)36-7-1-34(2-8-36)5-11-38-32-43-39(12-6-35-3-9-37(10-4-35)45(48)49)31-42(38)58-29-24-52-20-18-50-17-19-51-23-27-56-40-13-15-41(16-14-40)57-28-26-55-33-54-22-21-53-25-30-59-43/h1-4,7-10,13-16,31-32,44-49H,17-30,33H2. The molecule has 0 spiro atoms. The number of benzene rings is 4. The van der Waals surface area contributed by atoms with Gasteiger partial charge in [-0.1, -0.05) is 47.9 Å². The largest absolute Gasteiger partial charge is 0.491 e. The van der Waals surface area contributed by atoms with Gasteiger partial charge in [0.25, 0.3) is 0 Å². The summed E-state index contributed by atoms with van der Waals surface area (Å²) >= 11 is 0. The number of hydrogen-bond acceptors (Lipinski definition) is 14. The molecule has 14 nitrogen and oxygen atoms in total. The summed E-state index contributed by atoms with van der Waals surface area (Å²) in [4.78, 5) is 0. The van der Waals surface area contributed by atoms with Crippen LogP contribution in [0.2, 0.25) is 0 Å². The third-order valence-electron chi connectivity index (χ3n) is 8.25. The molecule has 14 heteroatoms. The predicted octanol–water partition coefficient (Wildman–Crippen LogP) is 3.74. The summed E-state index contributed by atoms with van der Waals surface area (Å²) in [7, 11) is 0. The molecule has 4 heterocycles. The molecule has 4 aromatic rings. The molecule has 4 aliphatic rings. The Kier molecular flexibility index (Phi) is 19.8. The lowest BCUT2D eigenvalue weighted by Crippen LogP contribution is -2.14. The lowest BCUT2D eigenvalue weighted by molar-refractivity contribution is -0.0754. The van der Waals surface area contributed by atoms with E-state index in [1.54, 1.807) is 60.7 Å². The molecular weight excluding hydrogens is 764 g/mol. The molecule has 0 unspecified atom stereocenters. The molecule has 4 aromatic carbocycles. The summed E-state index contributed by atoms with van der Waals surface area (Å²) in [5.74, 6) is 14.8. The predicted molar refractivity (Wildman–Crippen MR) is 214 cm³/mol. The Balaban J connectivity index is 1.28. The van der Waals surface area contributed by atoms with E-state index in [0.29, 0.717) is 122 Å². The zero-order chi connectivity index (χ0) is 41.3. The van der Waals surface area contributed by atoms with E-state index in [1.165, 1.54) is 0 Å². The van der Waals surface area contributed by atoms with Crippen LogP contribution in [-0.4, -0.2) is 120 Å². The number of ether oxygens (including phenoxy) is 10. The third-order valence-corrected chi connectivity index (χ3v) is 8.25. The van der Waals surface area contributed by atoms with Crippen LogP contribution >= 0.6 is 0 Å².